The van der Waals surface area contributed by atoms with Crippen molar-refractivity contribution in [2.24, 2.45) is 76.9 Å². The Morgan fingerprint density at radius 1 is 0.433 bits per heavy atom. The lowest BCUT2D eigenvalue weighted by molar-refractivity contribution is 0.0660. The molecule has 180 valence electrons. The minimum Gasteiger partial charge on any atom is -0.103 e. The van der Waals surface area contributed by atoms with Crippen LogP contribution in [0.3, 0.4) is 0 Å². The Morgan fingerprint density at radius 3 is 0.900 bits per heavy atom. The van der Waals surface area contributed by atoms with Gasteiger partial charge in [0.05, 0.1) is 0 Å². The van der Waals surface area contributed by atoms with Crippen molar-refractivity contribution in [3.63, 3.8) is 0 Å². The predicted octanol–water partition coefficient (Wildman–Crippen LogP) is 9.85. The highest BCUT2D eigenvalue weighted by atomic mass is 14.4. The van der Waals surface area contributed by atoms with E-state index in [0.29, 0.717) is 11.8 Å². The van der Waals surface area contributed by atoms with Crippen molar-refractivity contribution in [3.8, 4) is 0 Å². The van der Waals surface area contributed by atoms with Gasteiger partial charge in [0.1, 0.15) is 0 Å². The molecule has 0 saturated heterocycles. The van der Waals surface area contributed by atoms with E-state index in [9.17, 15) is 0 Å². The third-order valence-electron chi connectivity index (χ3n) is 11.0. The highest BCUT2D eigenvalue weighted by molar-refractivity contribution is 4.87. The zero-order chi connectivity index (χ0) is 23.9. The molecule has 0 bridgehead atoms. The van der Waals surface area contributed by atoms with Crippen LogP contribution in [0.4, 0.5) is 0 Å². The highest BCUT2D eigenvalue weighted by Crippen LogP contribution is 2.42. The van der Waals surface area contributed by atoms with Gasteiger partial charge in [-0.2, -0.15) is 0 Å². The van der Waals surface area contributed by atoms with Gasteiger partial charge in [-0.05, 0) is 76.9 Å². The van der Waals surface area contributed by atoms with Gasteiger partial charge in [-0.25, -0.2) is 0 Å². The van der Waals surface area contributed by atoms with Crippen molar-refractivity contribution in [1.29, 1.82) is 0 Å². The Labute approximate surface area is 193 Å². The Morgan fingerprint density at radius 2 is 0.667 bits per heavy atom. The predicted molar refractivity (Wildman–Crippen MR) is 140 cm³/mol. The maximum absolute atomic E-state index is 4.03. The van der Waals surface area contributed by atoms with Crippen LogP contribution < -0.4 is 0 Å². The van der Waals surface area contributed by atoms with Crippen LogP contribution in [0.2, 0.25) is 0 Å². The standard InChI is InChI=1S/C30H60/c1-16-18(3)20(5)22(7)24(9)26(11)28(13)30(15)29(14)27(12)25(10)23(8)21(6)19(4)17-2/h16,18-30H,1,17H2,2-15H3. The summed E-state index contributed by atoms with van der Waals surface area (Å²) < 4.78 is 0. The van der Waals surface area contributed by atoms with Gasteiger partial charge in [0.25, 0.3) is 0 Å². The summed E-state index contributed by atoms with van der Waals surface area (Å²) in [5.74, 6) is 9.73. The topological polar surface area (TPSA) is 0 Å². The number of hydrogen-bond donors (Lipinski definition) is 0. The first-order chi connectivity index (χ1) is 13.7. The zero-order valence-corrected chi connectivity index (χ0v) is 23.5. The normalized spacial score (nSPS) is 25.5. The summed E-state index contributed by atoms with van der Waals surface area (Å²) >= 11 is 0. The third-order valence-corrected chi connectivity index (χ3v) is 11.0. The van der Waals surface area contributed by atoms with Crippen LogP contribution in [-0.2, 0) is 0 Å². The summed E-state index contributed by atoms with van der Waals surface area (Å²) in [5.41, 5.74) is 0. The molecule has 0 aliphatic heterocycles. The van der Waals surface area contributed by atoms with Crippen molar-refractivity contribution in [1.82, 2.24) is 0 Å². The fourth-order valence-electron chi connectivity index (χ4n) is 5.89. The van der Waals surface area contributed by atoms with Crippen molar-refractivity contribution in [2.75, 3.05) is 0 Å². The van der Waals surface area contributed by atoms with E-state index in [1.165, 1.54) is 6.42 Å². The fraction of sp³-hybridized carbons (Fsp3) is 0.933. The average molecular weight is 421 g/mol. The molecule has 0 saturated carbocycles. The van der Waals surface area contributed by atoms with Crippen LogP contribution in [0.15, 0.2) is 12.7 Å². The molecule has 13 unspecified atom stereocenters. The molecule has 0 radical (unpaired) electrons. The van der Waals surface area contributed by atoms with Crippen LogP contribution >= 0.6 is 0 Å². The SMILES string of the molecule is C=CC(C)C(C)C(C)C(C)C(C)C(C)C(C)C(C)C(C)C(C)C(C)C(C)C(C)CC. The molecule has 0 aliphatic rings. The average Bonchev–Trinajstić information content (AvgIpc) is 2.76. The molecular formula is C30H60. The minimum atomic E-state index is 0.594. The number of allylic oxidation sites excluding steroid dienone is 1. The third kappa shape index (κ3) is 7.41. The van der Waals surface area contributed by atoms with Crippen LogP contribution in [0, 0.1) is 76.9 Å². The lowest BCUT2D eigenvalue weighted by atomic mass is 9.63. The molecule has 0 aliphatic carbocycles. The van der Waals surface area contributed by atoms with E-state index >= 15 is 0 Å². The Bertz CT molecular complexity index is 465. The first-order valence-corrected chi connectivity index (χ1v) is 13.4. The van der Waals surface area contributed by atoms with Gasteiger partial charge in [0.15, 0.2) is 0 Å². The summed E-state index contributed by atoms with van der Waals surface area (Å²) in [5, 5.41) is 0. The van der Waals surface area contributed by atoms with Crippen LogP contribution in [0.1, 0.15) is 103 Å². The second-order valence-corrected chi connectivity index (χ2v) is 11.9. The first-order valence-electron chi connectivity index (χ1n) is 13.4. The van der Waals surface area contributed by atoms with Crippen molar-refractivity contribution in [3.05, 3.63) is 12.7 Å². The lowest BCUT2D eigenvalue weighted by Gasteiger charge is -2.42. The number of hydrogen-bond acceptors (Lipinski definition) is 0. The van der Waals surface area contributed by atoms with E-state index in [-0.39, 0.29) is 0 Å². The zero-order valence-electron chi connectivity index (χ0n) is 23.5. The molecule has 0 fully saturated rings. The minimum absolute atomic E-state index is 0.594. The molecule has 0 aromatic carbocycles. The van der Waals surface area contributed by atoms with Crippen LogP contribution in [0.25, 0.3) is 0 Å². The summed E-state index contributed by atoms with van der Waals surface area (Å²) in [4.78, 5) is 0. The van der Waals surface area contributed by atoms with Gasteiger partial charge < -0.3 is 0 Å². The Balaban J connectivity index is 5.17. The molecule has 30 heavy (non-hydrogen) atoms. The smallest absolute Gasteiger partial charge is 0.0236 e. The van der Waals surface area contributed by atoms with Crippen molar-refractivity contribution < 1.29 is 0 Å². The second-order valence-electron chi connectivity index (χ2n) is 11.9. The maximum atomic E-state index is 4.03. The molecule has 0 aromatic heterocycles. The molecule has 0 rings (SSSR count). The van der Waals surface area contributed by atoms with Gasteiger partial charge in [0.2, 0.25) is 0 Å². The van der Waals surface area contributed by atoms with Crippen LogP contribution in [0.5, 0.6) is 0 Å². The van der Waals surface area contributed by atoms with Gasteiger partial charge >= 0.3 is 0 Å². The Hall–Kier alpha value is -0.260. The monoisotopic (exact) mass is 420 g/mol. The second kappa shape index (κ2) is 13.3. The summed E-state index contributed by atoms with van der Waals surface area (Å²) in [6, 6.07) is 0. The molecule has 0 heteroatoms. The summed E-state index contributed by atoms with van der Waals surface area (Å²) in [7, 11) is 0. The van der Waals surface area contributed by atoms with E-state index < -0.39 is 0 Å². The highest BCUT2D eigenvalue weighted by Gasteiger charge is 2.36. The van der Waals surface area contributed by atoms with Gasteiger partial charge in [0, 0.05) is 0 Å². The van der Waals surface area contributed by atoms with E-state index in [4.69, 9.17) is 0 Å². The van der Waals surface area contributed by atoms with E-state index in [2.05, 4.69) is 110 Å². The summed E-state index contributed by atoms with van der Waals surface area (Å²) in [6.07, 6.45) is 3.43. The molecule has 0 amide bonds. The van der Waals surface area contributed by atoms with Gasteiger partial charge in [-0.15, -0.1) is 6.58 Å². The summed E-state index contributed by atoms with van der Waals surface area (Å²) in [6.45, 7) is 38.7. The molecule has 0 spiro atoms. The molecule has 0 heterocycles. The first kappa shape index (κ1) is 29.7. The lowest BCUT2D eigenvalue weighted by Crippen LogP contribution is -2.36. The molecule has 0 nitrogen and oxygen atoms in total. The quantitative estimate of drug-likeness (QED) is 0.245. The Kier molecular flexibility index (Phi) is 13.2. The van der Waals surface area contributed by atoms with E-state index in [0.717, 1.165) is 65.1 Å². The maximum Gasteiger partial charge on any atom is -0.0236 e. The molecule has 0 N–H and O–H groups in total. The van der Waals surface area contributed by atoms with Gasteiger partial charge in [-0.3, -0.25) is 0 Å². The molecular weight excluding hydrogens is 360 g/mol. The number of rotatable bonds is 14. The molecule has 13 atom stereocenters. The van der Waals surface area contributed by atoms with Crippen LogP contribution in [-0.4, -0.2) is 0 Å². The van der Waals surface area contributed by atoms with E-state index in [1.807, 2.05) is 0 Å². The van der Waals surface area contributed by atoms with Crippen molar-refractivity contribution >= 4 is 0 Å². The van der Waals surface area contributed by atoms with E-state index in [1.54, 1.807) is 0 Å². The van der Waals surface area contributed by atoms with Crippen molar-refractivity contribution in [2.45, 2.75) is 103 Å². The van der Waals surface area contributed by atoms with Gasteiger partial charge in [-0.1, -0.05) is 109 Å². The largest absolute Gasteiger partial charge is 0.103 e. The molecule has 0 aromatic rings. The fourth-order valence-corrected chi connectivity index (χ4v) is 5.89.